The van der Waals surface area contributed by atoms with Crippen LogP contribution < -0.4 is 13.8 Å². The molecule has 1 fully saturated rings. The Morgan fingerprint density at radius 1 is 1.08 bits per heavy atom. The van der Waals surface area contributed by atoms with Gasteiger partial charge in [0.15, 0.2) is 11.5 Å². The van der Waals surface area contributed by atoms with Gasteiger partial charge in [0.2, 0.25) is 16.8 Å². The van der Waals surface area contributed by atoms with Crippen LogP contribution in [-0.4, -0.2) is 33.5 Å². The average molecular weight is 375 g/mol. The predicted octanol–water partition coefficient (Wildman–Crippen LogP) is 2.31. The Morgan fingerprint density at radius 3 is 2.58 bits per heavy atom. The molecule has 2 heterocycles. The Labute approximate surface area is 151 Å². The minimum Gasteiger partial charge on any atom is -0.457 e. The third-order valence-electron chi connectivity index (χ3n) is 4.30. The summed E-state index contributed by atoms with van der Waals surface area (Å²) in [5.74, 6) is 0.993. The van der Waals surface area contributed by atoms with E-state index in [2.05, 4.69) is 0 Å². The molecule has 1 saturated heterocycles. The lowest BCUT2D eigenvalue weighted by atomic mass is 10.2. The van der Waals surface area contributed by atoms with Crippen molar-refractivity contribution >= 4 is 21.7 Å². The Bertz CT molecular complexity index is 939. The lowest BCUT2D eigenvalue weighted by molar-refractivity contribution is 0.0472. The average Bonchev–Trinajstić information content (AvgIpc) is 3.25. The summed E-state index contributed by atoms with van der Waals surface area (Å²) < 4.78 is 41.1. The summed E-state index contributed by atoms with van der Waals surface area (Å²) in [6, 6.07) is 11.8. The second kappa shape index (κ2) is 6.53. The van der Waals surface area contributed by atoms with Crippen molar-refractivity contribution in [2.45, 2.75) is 13.0 Å². The summed E-state index contributed by atoms with van der Waals surface area (Å²) in [6.07, 6.45) is 0.613. The highest BCUT2D eigenvalue weighted by Gasteiger charge is 2.28. The molecule has 0 aliphatic carbocycles. The molecule has 0 amide bonds. The molecule has 0 N–H and O–H groups in total. The van der Waals surface area contributed by atoms with Crippen molar-refractivity contribution in [1.29, 1.82) is 0 Å². The first-order chi connectivity index (χ1) is 12.5. The van der Waals surface area contributed by atoms with Crippen LogP contribution in [0.4, 0.5) is 5.69 Å². The third-order valence-corrected chi connectivity index (χ3v) is 6.17. The summed E-state index contributed by atoms with van der Waals surface area (Å²) in [4.78, 5) is 12.2. The van der Waals surface area contributed by atoms with Crippen LogP contribution in [0, 0.1) is 0 Å². The van der Waals surface area contributed by atoms with Crippen LogP contribution >= 0.6 is 0 Å². The standard InChI is InChI=1S/C18H17NO6S/c20-18(23-11-13-2-7-16-17(10-13)25-12-24-16)14-3-5-15(6-4-14)19-8-1-9-26(19,21)22/h2-7,10H,1,8-9,11-12H2. The van der Waals surface area contributed by atoms with E-state index in [-0.39, 0.29) is 19.2 Å². The maximum absolute atomic E-state index is 12.2. The Balaban J connectivity index is 1.40. The molecule has 2 aliphatic heterocycles. The number of carbonyl (C=O) groups is 1. The normalized spacial score (nSPS) is 17.3. The molecule has 0 radical (unpaired) electrons. The summed E-state index contributed by atoms with van der Waals surface area (Å²) >= 11 is 0. The number of hydrogen-bond acceptors (Lipinski definition) is 6. The number of carbonyl (C=O) groups excluding carboxylic acids is 1. The van der Waals surface area contributed by atoms with Crippen LogP contribution in [0.3, 0.4) is 0 Å². The van der Waals surface area contributed by atoms with E-state index in [4.69, 9.17) is 14.2 Å². The molecule has 0 saturated carbocycles. The van der Waals surface area contributed by atoms with E-state index >= 15 is 0 Å². The molecule has 0 bridgehead atoms. The number of anilines is 1. The van der Waals surface area contributed by atoms with Gasteiger partial charge in [-0.2, -0.15) is 0 Å². The van der Waals surface area contributed by atoms with Gasteiger partial charge in [-0.3, -0.25) is 4.31 Å². The minimum atomic E-state index is -3.23. The Kier molecular flexibility index (Phi) is 4.20. The molecule has 0 spiro atoms. The van der Waals surface area contributed by atoms with Crippen molar-refractivity contribution in [3.63, 3.8) is 0 Å². The fourth-order valence-electron chi connectivity index (χ4n) is 2.96. The number of nitrogens with zero attached hydrogens (tertiary/aromatic N) is 1. The van der Waals surface area contributed by atoms with Gasteiger partial charge in [0.1, 0.15) is 6.61 Å². The van der Waals surface area contributed by atoms with Crippen molar-refractivity contribution in [3.8, 4) is 11.5 Å². The molecule has 8 heteroatoms. The molecule has 0 aromatic heterocycles. The molecule has 7 nitrogen and oxygen atoms in total. The van der Waals surface area contributed by atoms with E-state index in [1.54, 1.807) is 36.4 Å². The largest absolute Gasteiger partial charge is 0.457 e. The minimum absolute atomic E-state index is 0.109. The number of rotatable bonds is 4. The summed E-state index contributed by atoms with van der Waals surface area (Å²) in [7, 11) is -3.23. The zero-order valence-corrected chi connectivity index (χ0v) is 14.7. The fourth-order valence-corrected chi connectivity index (χ4v) is 4.52. The van der Waals surface area contributed by atoms with E-state index in [9.17, 15) is 13.2 Å². The molecule has 0 atom stereocenters. The van der Waals surface area contributed by atoms with Gasteiger partial charge in [-0.1, -0.05) is 6.07 Å². The van der Waals surface area contributed by atoms with Crippen molar-refractivity contribution in [1.82, 2.24) is 0 Å². The monoisotopic (exact) mass is 375 g/mol. The van der Waals surface area contributed by atoms with Gasteiger partial charge in [0, 0.05) is 6.54 Å². The molecule has 26 heavy (non-hydrogen) atoms. The zero-order valence-electron chi connectivity index (χ0n) is 13.9. The van der Waals surface area contributed by atoms with Crippen molar-refractivity contribution in [2.24, 2.45) is 0 Å². The van der Waals surface area contributed by atoms with E-state index < -0.39 is 16.0 Å². The van der Waals surface area contributed by atoms with Gasteiger partial charge in [-0.25, -0.2) is 13.2 Å². The Hall–Kier alpha value is -2.74. The SMILES string of the molecule is O=C(OCc1ccc2c(c1)OCO2)c1ccc(N2CCCS2(=O)=O)cc1. The summed E-state index contributed by atoms with van der Waals surface area (Å²) in [5, 5.41) is 0. The number of sulfonamides is 1. The lowest BCUT2D eigenvalue weighted by Gasteiger charge is -2.16. The van der Waals surface area contributed by atoms with Gasteiger partial charge in [-0.15, -0.1) is 0 Å². The van der Waals surface area contributed by atoms with E-state index in [0.717, 1.165) is 5.56 Å². The zero-order chi connectivity index (χ0) is 18.1. The molecule has 4 rings (SSSR count). The predicted molar refractivity (Wildman–Crippen MR) is 93.9 cm³/mol. The van der Waals surface area contributed by atoms with Crippen molar-refractivity contribution in [3.05, 3.63) is 53.6 Å². The highest BCUT2D eigenvalue weighted by molar-refractivity contribution is 7.93. The second-order valence-electron chi connectivity index (χ2n) is 6.05. The summed E-state index contributed by atoms with van der Waals surface area (Å²) in [5.41, 5.74) is 1.73. The van der Waals surface area contributed by atoms with E-state index in [1.807, 2.05) is 6.07 Å². The van der Waals surface area contributed by atoms with Gasteiger partial charge < -0.3 is 14.2 Å². The van der Waals surface area contributed by atoms with Crippen LogP contribution in [0.1, 0.15) is 22.3 Å². The van der Waals surface area contributed by atoms with Gasteiger partial charge in [0.25, 0.3) is 0 Å². The number of fused-ring (bicyclic) bond motifs is 1. The first-order valence-electron chi connectivity index (χ1n) is 8.19. The topological polar surface area (TPSA) is 82.1 Å². The number of ether oxygens (including phenoxy) is 3. The van der Waals surface area contributed by atoms with Crippen LogP contribution in [0.15, 0.2) is 42.5 Å². The number of esters is 1. The van der Waals surface area contributed by atoms with Crippen molar-refractivity contribution in [2.75, 3.05) is 23.4 Å². The van der Waals surface area contributed by atoms with E-state index in [0.29, 0.717) is 35.7 Å². The smallest absolute Gasteiger partial charge is 0.338 e. The third kappa shape index (κ3) is 3.20. The molecule has 2 aromatic carbocycles. The molecule has 0 unspecified atom stereocenters. The quantitative estimate of drug-likeness (QED) is 0.763. The van der Waals surface area contributed by atoms with E-state index in [1.165, 1.54) is 4.31 Å². The lowest BCUT2D eigenvalue weighted by Crippen LogP contribution is -2.25. The van der Waals surface area contributed by atoms with Gasteiger partial charge >= 0.3 is 5.97 Å². The first-order valence-corrected chi connectivity index (χ1v) is 9.80. The van der Waals surface area contributed by atoms with Gasteiger partial charge in [0.05, 0.1) is 17.0 Å². The highest BCUT2D eigenvalue weighted by atomic mass is 32.2. The van der Waals surface area contributed by atoms with Crippen LogP contribution in [0.5, 0.6) is 11.5 Å². The maximum atomic E-state index is 12.2. The Morgan fingerprint density at radius 2 is 1.85 bits per heavy atom. The number of benzene rings is 2. The van der Waals surface area contributed by atoms with Crippen LogP contribution in [0.2, 0.25) is 0 Å². The fraction of sp³-hybridized carbons (Fsp3) is 0.278. The first kappa shape index (κ1) is 16.7. The van der Waals surface area contributed by atoms with Crippen LogP contribution in [-0.2, 0) is 21.4 Å². The van der Waals surface area contributed by atoms with Crippen molar-refractivity contribution < 1.29 is 27.4 Å². The highest BCUT2D eigenvalue weighted by Crippen LogP contribution is 2.32. The number of hydrogen-bond donors (Lipinski definition) is 0. The molecular weight excluding hydrogens is 358 g/mol. The molecule has 136 valence electrons. The molecular formula is C18H17NO6S. The van der Waals surface area contributed by atoms with Gasteiger partial charge in [-0.05, 0) is 48.4 Å². The van der Waals surface area contributed by atoms with Crippen LogP contribution in [0.25, 0.3) is 0 Å². The summed E-state index contributed by atoms with van der Waals surface area (Å²) in [6.45, 7) is 0.769. The molecule has 2 aromatic rings. The maximum Gasteiger partial charge on any atom is 0.338 e. The second-order valence-corrected chi connectivity index (χ2v) is 8.07. The molecule has 2 aliphatic rings.